The highest BCUT2D eigenvalue weighted by Gasteiger charge is 2.30. The lowest BCUT2D eigenvalue weighted by Crippen LogP contribution is -2.24. The Bertz CT molecular complexity index is 643. The minimum absolute atomic E-state index is 0.0813. The number of carboxylic acid groups (broad SMARTS) is 1. The van der Waals surface area contributed by atoms with Gasteiger partial charge in [0.05, 0.1) is 16.3 Å². The monoisotopic (exact) mass is 293 g/mol. The standard InChI is InChI=1S/C13H15N3O3S/c1-7-5-20-11-10(7)15-6-16-12(11)14-4-8-2-3-9(19-8)13(17)18/h5-6,8-9H,2-4H2,1H3,(H,17,18)(H,14,15,16). The third kappa shape index (κ3) is 2.46. The molecule has 0 spiro atoms. The predicted octanol–water partition coefficient (Wildman–Crippen LogP) is 2.04. The first kappa shape index (κ1) is 13.3. The molecule has 0 amide bonds. The summed E-state index contributed by atoms with van der Waals surface area (Å²) in [5, 5.41) is 14.2. The zero-order valence-corrected chi connectivity index (χ0v) is 11.8. The number of thiophene rings is 1. The highest BCUT2D eigenvalue weighted by atomic mass is 32.1. The van der Waals surface area contributed by atoms with Crippen molar-refractivity contribution in [3.05, 3.63) is 17.3 Å². The van der Waals surface area contributed by atoms with Crippen molar-refractivity contribution in [1.82, 2.24) is 9.97 Å². The van der Waals surface area contributed by atoms with Crippen molar-refractivity contribution in [3.63, 3.8) is 0 Å². The Kier molecular flexibility index (Phi) is 3.54. The molecule has 2 N–H and O–H groups in total. The van der Waals surface area contributed by atoms with Gasteiger partial charge < -0.3 is 15.2 Å². The summed E-state index contributed by atoms with van der Waals surface area (Å²) < 4.78 is 6.49. The number of rotatable bonds is 4. The molecule has 106 valence electrons. The normalized spacial score (nSPS) is 22.2. The highest BCUT2D eigenvalue weighted by molar-refractivity contribution is 7.18. The summed E-state index contributed by atoms with van der Waals surface area (Å²) in [6.07, 6.45) is 2.11. The van der Waals surface area contributed by atoms with Gasteiger partial charge in [-0.3, -0.25) is 0 Å². The second-order valence-corrected chi connectivity index (χ2v) is 5.74. The van der Waals surface area contributed by atoms with Crippen LogP contribution in [0.5, 0.6) is 0 Å². The zero-order chi connectivity index (χ0) is 14.1. The van der Waals surface area contributed by atoms with E-state index in [2.05, 4.69) is 20.7 Å². The van der Waals surface area contributed by atoms with Crippen molar-refractivity contribution >= 4 is 33.3 Å². The molecule has 2 unspecified atom stereocenters. The summed E-state index contributed by atoms with van der Waals surface area (Å²) in [6, 6.07) is 0. The number of hydrogen-bond donors (Lipinski definition) is 2. The van der Waals surface area contributed by atoms with Crippen LogP contribution >= 0.6 is 11.3 Å². The Morgan fingerprint density at radius 3 is 3.15 bits per heavy atom. The predicted molar refractivity (Wildman–Crippen MR) is 76.2 cm³/mol. The number of anilines is 1. The summed E-state index contributed by atoms with van der Waals surface area (Å²) in [5.74, 6) is -0.0960. The van der Waals surface area contributed by atoms with E-state index in [0.717, 1.165) is 28.0 Å². The molecular weight excluding hydrogens is 278 g/mol. The lowest BCUT2D eigenvalue weighted by molar-refractivity contribution is -0.149. The fraction of sp³-hybridized carbons (Fsp3) is 0.462. The van der Waals surface area contributed by atoms with Crippen molar-refractivity contribution in [3.8, 4) is 0 Å². The SMILES string of the molecule is Cc1csc2c(NCC3CCC(C(=O)O)O3)ncnc12. The lowest BCUT2D eigenvalue weighted by atomic mass is 10.2. The Hall–Kier alpha value is -1.73. The molecule has 0 saturated carbocycles. The van der Waals surface area contributed by atoms with E-state index in [1.54, 1.807) is 17.7 Å². The number of fused-ring (bicyclic) bond motifs is 1. The minimum Gasteiger partial charge on any atom is -0.479 e. The Morgan fingerprint density at radius 2 is 2.40 bits per heavy atom. The minimum atomic E-state index is -0.884. The number of hydrogen-bond acceptors (Lipinski definition) is 6. The summed E-state index contributed by atoms with van der Waals surface area (Å²) in [7, 11) is 0. The van der Waals surface area contributed by atoms with Crippen molar-refractivity contribution in [2.75, 3.05) is 11.9 Å². The number of ether oxygens (including phenoxy) is 1. The quantitative estimate of drug-likeness (QED) is 0.897. The van der Waals surface area contributed by atoms with E-state index in [1.807, 2.05) is 6.92 Å². The molecule has 0 radical (unpaired) electrons. The molecule has 0 bridgehead atoms. The maximum Gasteiger partial charge on any atom is 0.332 e. The smallest absolute Gasteiger partial charge is 0.332 e. The molecule has 1 fully saturated rings. The largest absolute Gasteiger partial charge is 0.479 e. The van der Waals surface area contributed by atoms with E-state index in [9.17, 15) is 4.79 Å². The second-order valence-electron chi connectivity index (χ2n) is 4.86. The molecule has 3 rings (SSSR count). The van der Waals surface area contributed by atoms with E-state index in [0.29, 0.717) is 13.0 Å². The van der Waals surface area contributed by atoms with Gasteiger partial charge in [0.2, 0.25) is 0 Å². The third-order valence-electron chi connectivity index (χ3n) is 3.41. The number of carboxylic acids is 1. The molecule has 1 saturated heterocycles. The summed E-state index contributed by atoms with van der Waals surface area (Å²) in [5.41, 5.74) is 2.10. The third-order valence-corrected chi connectivity index (χ3v) is 4.50. The first-order valence-corrected chi connectivity index (χ1v) is 7.34. The van der Waals surface area contributed by atoms with E-state index in [1.165, 1.54) is 0 Å². The van der Waals surface area contributed by atoms with Gasteiger partial charge in [-0.2, -0.15) is 0 Å². The number of aryl methyl sites for hydroxylation is 1. The maximum absolute atomic E-state index is 10.8. The van der Waals surface area contributed by atoms with Gasteiger partial charge in [0.15, 0.2) is 6.10 Å². The molecule has 20 heavy (non-hydrogen) atoms. The van der Waals surface area contributed by atoms with Gasteiger partial charge in [-0.15, -0.1) is 11.3 Å². The van der Waals surface area contributed by atoms with E-state index in [4.69, 9.17) is 9.84 Å². The maximum atomic E-state index is 10.8. The van der Waals surface area contributed by atoms with Crippen LogP contribution in [-0.2, 0) is 9.53 Å². The molecule has 3 heterocycles. The average Bonchev–Trinajstić information content (AvgIpc) is 3.04. The lowest BCUT2D eigenvalue weighted by Gasteiger charge is -2.12. The summed E-state index contributed by atoms with van der Waals surface area (Å²) in [6.45, 7) is 2.58. The van der Waals surface area contributed by atoms with Crippen molar-refractivity contribution < 1.29 is 14.6 Å². The van der Waals surface area contributed by atoms with Crippen molar-refractivity contribution in [1.29, 1.82) is 0 Å². The van der Waals surface area contributed by atoms with Gasteiger partial charge in [-0.1, -0.05) is 0 Å². The van der Waals surface area contributed by atoms with Gasteiger partial charge >= 0.3 is 5.97 Å². The van der Waals surface area contributed by atoms with Crippen LogP contribution in [0.3, 0.4) is 0 Å². The molecule has 7 heteroatoms. The number of aromatic nitrogens is 2. The molecular formula is C13H15N3O3S. The van der Waals surface area contributed by atoms with Crippen LogP contribution < -0.4 is 5.32 Å². The van der Waals surface area contributed by atoms with Crippen molar-refractivity contribution in [2.45, 2.75) is 32.0 Å². The van der Waals surface area contributed by atoms with Gasteiger partial charge in [-0.25, -0.2) is 14.8 Å². The summed E-state index contributed by atoms with van der Waals surface area (Å²) in [4.78, 5) is 19.4. The molecule has 6 nitrogen and oxygen atoms in total. The molecule has 2 aromatic rings. The molecule has 0 aliphatic carbocycles. The van der Waals surface area contributed by atoms with Crippen LogP contribution in [0.1, 0.15) is 18.4 Å². The van der Waals surface area contributed by atoms with Gasteiger partial charge in [0.1, 0.15) is 12.1 Å². The Labute approximate surface area is 119 Å². The molecule has 2 aromatic heterocycles. The van der Waals surface area contributed by atoms with E-state index in [-0.39, 0.29) is 6.10 Å². The van der Waals surface area contributed by atoms with Gasteiger partial charge in [0.25, 0.3) is 0 Å². The fourth-order valence-electron chi connectivity index (χ4n) is 2.34. The van der Waals surface area contributed by atoms with E-state index < -0.39 is 12.1 Å². The topological polar surface area (TPSA) is 84.3 Å². The number of nitrogens with zero attached hydrogens (tertiary/aromatic N) is 2. The van der Waals surface area contributed by atoms with Crippen LogP contribution in [0.4, 0.5) is 5.82 Å². The Morgan fingerprint density at radius 1 is 1.55 bits per heavy atom. The second kappa shape index (κ2) is 5.34. The Balaban J connectivity index is 1.67. The number of nitrogens with one attached hydrogen (secondary N) is 1. The first-order valence-electron chi connectivity index (χ1n) is 6.46. The van der Waals surface area contributed by atoms with Crippen LogP contribution in [0.15, 0.2) is 11.7 Å². The summed E-state index contributed by atoms with van der Waals surface area (Å²) >= 11 is 1.61. The molecule has 0 aromatic carbocycles. The van der Waals surface area contributed by atoms with Gasteiger partial charge in [0, 0.05) is 6.54 Å². The molecule has 2 atom stereocenters. The fourth-order valence-corrected chi connectivity index (χ4v) is 3.31. The highest BCUT2D eigenvalue weighted by Crippen LogP contribution is 2.29. The van der Waals surface area contributed by atoms with Gasteiger partial charge in [-0.05, 0) is 30.7 Å². The van der Waals surface area contributed by atoms with E-state index >= 15 is 0 Å². The van der Waals surface area contributed by atoms with Crippen LogP contribution in [0.25, 0.3) is 10.2 Å². The molecule has 1 aliphatic rings. The number of carbonyl (C=O) groups is 1. The van der Waals surface area contributed by atoms with Crippen molar-refractivity contribution in [2.24, 2.45) is 0 Å². The first-order chi connectivity index (χ1) is 9.65. The number of aliphatic carboxylic acids is 1. The molecule has 1 aliphatic heterocycles. The van der Waals surface area contributed by atoms with Crippen LogP contribution in [0, 0.1) is 6.92 Å². The average molecular weight is 293 g/mol. The van der Waals surface area contributed by atoms with Crippen LogP contribution in [-0.4, -0.2) is 39.8 Å². The zero-order valence-electron chi connectivity index (χ0n) is 11.0. The van der Waals surface area contributed by atoms with Crippen LogP contribution in [0.2, 0.25) is 0 Å².